The smallest absolute Gasteiger partial charge is 0.409 e. The zero-order chi connectivity index (χ0) is 21.7. The van der Waals surface area contributed by atoms with Crippen molar-refractivity contribution < 1.29 is 22.8 Å². The third-order valence-corrected chi connectivity index (χ3v) is 4.32. The number of benzene rings is 3. The van der Waals surface area contributed by atoms with Crippen LogP contribution in [-0.2, 0) is 12.7 Å². The van der Waals surface area contributed by atoms with E-state index < -0.39 is 17.6 Å². The predicted octanol–water partition coefficient (Wildman–Crippen LogP) is 5.29. The Morgan fingerprint density at radius 1 is 0.967 bits per heavy atom. The molecular weight excluding hydrogens is 400 g/mol. The number of hydrogen-bond acceptors (Lipinski definition) is 4. The Hall–Kier alpha value is -3.75. The van der Waals surface area contributed by atoms with Crippen molar-refractivity contribution in [2.24, 2.45) is 10.9 Å². The number of para-hydroxylation sites is 1. The third kappa shape index (κ3) is 4.99. The summed E-state index contributed by atoms with van der Waals surface area (Å²) in [6.07, 6.45) is -4.69. The van der Waals surface area contributed by atoms with Gasteiger partial charge in [0.15, 0.2) is 5.84 Å². The molecule has 0 heterocycles. The highest BCUT2D eigenvalue weighted by atomic mass is 19.4. The molecule has 0 aromatic heterocycles. The maximum atomic E-state index is 13.3. The summed E-state index contributed by atoms with van der Waals surface area (Å²) in [5.74, 6) is -1.12. The first-order valence-corrected chi connectivity index (χ1v) is 8.81. The van der Waals surface area contributed by atoms with Crippen LogP contribution in [0.3, 0.4) is 0 Å². The summed E-state index contributed by atoms with van der Waals surface area (Å²) in [5.41, 5.74) is 6.56. The third-order valence-electron chi connectivity index (χ3n) is 4.32. The van der Waals surface area contributed by atoms with E-state index in [-0.39, 0.29) is 17.9 Å². The molecule has 0 aliphatic carbocycles. The molecule has 0 aliphatic rings. The van der Waals surface area contributed by atoms with Crippen LogP contribution in [0.1, 0.15) is 16.7 Å². The molecule has 0 atom stereocenters. The zero-order valence-electron chi connectivity index (χ0n) is 15.5. The maximum absolute atomic E-state index is 13.3. The van der Waals surface area contributed by atoms with Crippen LogP contribution in [0.15, 0.2) is 71.9 Å². The number of nitrogens with one attached hydrogen (secondary N) is 2. The Labute approximate surface area is 169 Å². The first-order valence-electron chi connectivity index (χ1n) is 8.81. The van der Waals surface area contributed by atoms with Crippen LogP contribution in [0.4, 0.5) is 34.6 Å². The number of hydrogen-bond donors (Lipinski definition) is 4. The van der Waals surface area contributed by atoms with Crippen molar-refractivity contribution in [3.63, 3.8) is 0 Å². The van der Waals surface area contributed by atoms with Crippen molar-refractivity contribution in [2.45, 2.75) is 12.7 Å². The quantitative estimate of drug-likeness (QED) is 0.144. The highest BCUT2D eigenvalue weighted by molar-refractivity contribution is 5.99. The average Bonchev–Trinajstić information content (AvgIpc) is 2.73. The molecule has 5 N–H and O–H groups in total. The van der Waals surface area contributed by atoms with E-state index >= 15 is 0 Å². The fourth-order valence-electron chi connectivity index (χ4n) is 2.85. The Balaban J connectivity index is 1.94. The van der Waals surface area contributed by atoms with E-state index in [0.717, 1.165) is 17.8 Å². The van der Waals surface area contributed by atoms with Gasteiger partial charge in [0, 0.05) is 17.8 Å². The molecule has 0 spiro atoms. The highest BCUT2D eigenvalue weighted by Gasteiger charge is 2.33. The number of nitrogens with two attached hydrogens (primary N) is 1. The Morgan fingerprint density at radius 2 is 1.70 bits per heavy atom. The van der Waals surface area contributed by atoms with Crippen molar-refractivity contribution in [1.82, 2.24) is 0 Å². The van der Waals surface area contributed by atoms with Crippen LogP contribution in [0, 0.1) is 5.82 Å². The van der Waals surface area contributed by atoms with Gasteiger partial charge in [-0.15, -0.1) is 0 Å². The van der Waals surface area contributed by atoms with E-state index in [1.54, 1.807) is 12.1 Å². The first-order chi connectivity index (χ1) is 14.3. The first kappa shape index (κ1) is 21.0. The molecular formula is C21H18F4N4O. The molecule has 3 aromatic carbocycles. The van der Waals surface area contributed by atoms with Gasteiger partial charge in [-0.05, 0) is 48.0 Å². The van der Waals surface area contributed by atoms with Crippen LogP contribution in [0.5, 0.6) is 0 Å². The summed E-state index contributed by atoms with van der Waals surface area (Å²) in [6.45, 7) is -0.224. The lowest BCUT2D eigenvalue weighted by molar-refractivity contribution is -0.138. The normalized spacial score (nSPS) is 11.9. The van der Waals surface area contributed by atoms with Gasteiger partial charge in [0.05, 0.1) is 16.9 Å². The molecule has 0 amide bonds. The lowest BCUT2D eigenvalue weighted by Crippen LogP contribution is -2.15. The summed E-state index contributed by atoms with van der Waals surface area (Å²) in [7, 11) is 0. The average molecular weight is 418 g/mol. The van der Waals surface area contributed by atoms with Crippen molar-refractivity contribution in [3.8, 4) is 0 Å². The molecule has 0 saturated carbocycles. The summed E-state index contributed by atoms with van der Waals surface area (Å²) < 4.78 is 53.2. The molecule has 0 bridgehead atoms. The van der Waals surface area contributed by atoms with Gasteiger partial charge in [-0.2, -0.15) is 13.2 Å². The van der Waals surface area contributed by atoms with Crippen LogP contribution in [-0.4, -0.2) is 11.0 Å². The second-order valence-corrected chi connectivity index (χ2v) is 6.39. The fraction of sp³-hybridized carbons (Fsp3) is 0.0952. The number of anilines is 3. The summed E-state index contributed by atoms with van der Waals surface area (Å²) in [6, 6.07) is 16.5. The van der Waals surface area contributed by atoms with Crippen LogP contribution >= 0.6 is 0 Å². The van der Waals surface area contributed by atoms with Gasteiger partial charge in [-0.25, -0.2) is 4.39 Å². The van der Waals surface area contributed by atoms with Gasteiger partial charge in [-0.3, -0.25) is 0 Å². The van der Waals surface area contributed by atoms with E-state index in [9.17, 15) is 17.6 Å². The SMILES string of the molecule is NC(=NO)c1ccc(Nc2ccccc2)c(NCc2ccc(F)cc2C(F)(F)F)c1. The summed E-state index contributed by atoms with van der Waals surface area (Å²) in [5, 5.41) is 17.9. The second-order valence-electron chi connectivity index (χ2n) is 6.39. The maximum Gasteiger partial charge on any atom is 0.416 e. The predicted molar refractivity (Wildman–Crippen MR) is 107 cm³/mol. The molecule has 0 unspecified atom stereocenters. The van der Waals surface area contributed by atoms with Crippen LogP contribution in [0.2, 0.25) is 0 Å². The summed E-state index contributed by atoms with van der Waals surface area (Å²) in [4.78, 5) is 0. The minimum atomic E-state index is -4.69. The Bertz CT molecular complexity index is 1050. The standard InChI is InChI=1S/C21H18F4N4O/c22-15-8-6-14(17(11-15)21(23,24)25)12-27-19-10-13(20(26)29-30)7-9-18(19)28-16-4-2-1-3-5-16/h1-11,27-28,30H,12H2,(H2,26,29). The number of halogens is 4. The van der Waals surface area contributed by atoms with E-state index in [2.05, 4.69) is 15.8 Å². The topological polar surface area (TPSA) is 82.7 Å². The van der Waals surface area contributed by atoms with Crippen molar-refractivity contribution >= 4 is 22.9 Å². The van der Waals surface area contributed by atoms with E-state index in [4.69, 9.17) is 10.9 Å². The molecule has 9 heteroatoms. The van der Waals surface area contributed by atoms with E-state index in [1.807, 2.05) is 30.3 Å². The highest BCUT2D eigenvalue weighted by Crippen LogP contribution is 2.34. The van der Waals surface area contributed by atoms with Crippen LogP contribution < -0.4 is 16.4 Å². The molecule has 0 radical (unpaired) electrons. The van der Waals surface area contributed by atoms with E-state index in [1.165, 1.54) is 6.07 Å². The Morgan fingerprint density at radius 3 is 2.37 bits per heavy atom. The number of amidine groups is 1. The number of alkyl halides is 3. The molecule has 30 heavy (non-hydrogen) atoms. The van der Waals surface area contributed by atoms with Gasteiger partial charge in [-0.1, -0.05) is 29.4 Å². The summed E-state index contributed by atoms with van der Waals surface area (Å²) >= 11 is 0. The zero-order valence-corrected chi connectivity index (χ0v) is 15.5. The minimum Gasteiger partial charge on any atom is -0.409 e. The molecule has 0 saturated heterocycles. The van der Waals surface area contributed by atoms with Crippen LogP contribution in [0.25, 0.3) is 0 Å². The van der Waals surface area contributed by atoms with E-state index in [0.29, 0.717) is 23.0 Å². The molecule has 0 fully saturated rings. The number of oxime groups is 1. The minimum absolute atomic E-state index is 0.122. The molecule has 156 valence electrons. The largest absolute Gasteiger partial charge is 0.416 e. The lowest BCUT2D eigenvalue weighted by atomic mass is 10.1. The fourth-order valence-corrected chi connectivity index (χ4v) is 2.85. The van der Waals surface area contributed by atoms with Crippen molar-refractivity contribution in [2.75, 3.05) is 10.6 Å². The monoisotopic (exact) mass is 418 g/mol. The van der Waals surface area contributed by atoms with Crippen molar-refractivity contribution in [3.05, 3.63) is 89.2 Å². The van der Waals surface area contributed by atoms with Gasteiger partial charge in [0.2, 0.25) is 0 Å². The van der Waals surface area contributed by atoms with Gasteiger partial charge in [0.1, 0.15) is 5.82 Å². The lowest BCUT2D eigenvalue weighted by Gasteiger charge is -2.18. The molecule has 5 nitrogen and oxygen atoms in total. The number of rotatable bonds is 6. The van der Waals surface area contributed by atoms with Gasteiger partial charge in [0.25, 0.3) is 0 Å². The molecule has 0 aliphatic heterocycles. The van der Waals surface area contributed by atoms with Gasteiger partial charge < -0.3 is 21.6 Å². The molecule has 3 aromatic rings. The number of nitrogens with zero attached hydrogens (tertiary/aromatic N) is 1. The molecule has 3 rings (SSSR count). The van der Waals surface area contributed by atoms with Gasteiger partial charge >= 0.3 is 6.18 Å². The van der Waals surface area contributed by atoms with Crippen molar-refractivity contribution in [1.29, 1.82) is 0 Å². The Kier molecular flexibility index (Phi) is 6.10. The second kappa shape index (κ2) is 8.73.